The summed E-state index contributed by atoms with van der Waals surface area (Å²) in [5.41, 5.74) is 0. The quantitative estimate of drug-likeness (QED) is 0.835. The summed E-state index contributed by atoms with van der Waals surface area (Å²) < 4.78 is 10.3. The van der Waals surface area contributed by atoms with Crippen LogP contribution in [-0.2, 0) is 0 Å². The van der Waals surface area contributed by atoms with Crippen LogP contribution in [0.5, 0.6) is 11.5 Å². The summed E-state index contributed by atoms with van der Waals surface area (Å²) in [6.07, 6.45) is -0.306. The summed E-state index contributed by atoms with van der Waals surface area (Å²) in [6.45, 7) is 2.99. The molecule has 1 heterocycles. The highest BCUT2D eigenvalue weighted by molar-refractivity contribution is 5.71. The number of amides is 1. The maximum Gasteiger partial charge on any atom is 0.415 e. The number of piperazine rings is 1. The number of hydrogen-bond acceptors (Lipinski definition) is 4. The topological polar surface area (TPSA) is 50.8 Å². The molecule has 1 N–H and O–H groups in total. The highest BCUT2D eigenvalue weighted by atomic mass is 16.6. The summed E-state index contributed by atoms with van der Waals surface area (Å²) in [7, 11) is 1.58. The number of carbonyl (C=O) groups is 1. The molecule has 17 heavy (non-hydrogen) atoms. The van der Waals surface area contributed by atoms with Gasteiger partial charge in [0, 0.05) is 32.2 Å². The molecule has 0 unspecified atom stereocenters. The van der Waals surface area contributed by atoms with Gasteiger partial charge in [0.25, 0.3) is 0 Å². The fourth-order valence-electron chi connectivity index (χ4n) is 1.68. The minimum atomic E-state index is -0.306. The van der Waals surface area contributed by atoms with E-state index in [-0.39, 0.29) is 6.09 Å². The van der Waals surface area contributed by atoms with Crippen molar-refractivity contribution in [3.8, 4) is 11.5 Å². The van der Waals surface area contributed by atoms with E-state index >= 15 is 0 Å². The monoisotopic (exact) mass is 236 g/mol. The largest absolute Gasteiger partial charge is 0.497 e. The third kappa shape index (κ3) is 3.10. The third-order valence-corrected chi connectivity index (χ3v) is 2.62. The van der Waals surface area contributed by atoms with Crippen molar-refractivity contribution in [3.05, 3.63) is 24.3 Å². The summed E-state index contributed by atoms with van der Waals surface area (Å²) in [4.78, 5) is 13.5. The number of rotatable bonds is 2. The molecule has 0 bridgehead atoms. The second-order valence-corrected chi connectivity index (χ2v) is 3.78. The molecule has 2 rings (SSSR count). The summed E-state index contributed by atoms with van der Waals surface area (Å²) in [5, 5.41) is 3.18. The zero-order valence-corrected chi connectivity index (χ0v) is 9.81. The van der Waals surface area contributed by atoms with Gasteiger partial charge in [0.15, 0.2) is 0 Å². The van der Waals surface area contributed by atoms with Gasteiger partial charge in [0.05, 0.1) is 7.11 Å². The van der Waals surface area contributed by atoms with Crippen molar-refractivity contribution in [1.29, 1.82) is 0 Å². The Morgan fingerprint density at radius 3 is 2.71 bits per heavy atom. The van der Waals surface area contributed by atoms with Crippen molar-refractivity contribution < 1.29 is 14.3 Å². The molecule has 0 aromatic heterocycles. The SMILES string of the molecule is COc1cccc(OC(=O)N2CCNCC2)c1. The number of nitrogens with zero attached hydrogens (tertiary/aromatic N) is 1. The van der Waals surface area contributed by atoms with Gasteiger partial charge >= 0.3 is 6.09 Å². The molecule has 0 spiro atoms. The Morgan fingerprint density at radius 1 is 1.29 bits per heavy atom. The lowest BCUT2D eigenvalue weighted by Crippen LogP contribution is -2.47. The Morgan fingerprint density at radius 2 is 2.00 bits per heavy atom. The molecule has 5 nitrogen and oxygen atoms in total. The first kappa shape index (κ1) is 11.7. The molecule has 0 saturated carbocycles. The Bertz CT molecular complexity index is 389. The van der Waals surface area contributed by atoms with Crippen LogP contribution in [0.25, 0.3) is 0 Å². The van der Waals surface area contributed by atoms with E-state index in [1.165, 1.54) is 0 Å². The van der Waals surface area contributed by atoms with Crippen LogP contribution in [0.2, 0.25) is 0 Å². The fraction of sp³-hybridized carbons (Fsp3) is 0.417. The van der Waals surface area contributed by atoms with Gasteiger partial charge in [-0.15, -0.1) is 0 Å². The Hall–Kier alpha value is -1.75. The van der Waals surface area contributed by atoms with Gasteiger partial charge in [-0.2, -0.15) is 0 Å². The Balaban J connectivity index is 1.96. The van der Waals surface area contributed by atoms with Gasteiger partial charge < -0.3 is 19.7 Å². The lowest BCUT2D eigenvalue weighted by Gasteiger charge is -2.26. The molecule has 0 radical (unpaired) electrons. The highest BCUT2D eigenvalue weighted by Gasteiger charge is 2.18. The third-order valence-electron chi connectivity index (χ3n) is 2.62. The second-order valence-electron chi connectivity index (χ2n) is 3.78. The predicted molar refractivity (Wildman–Crippen MR) is 63.5 cm³/mol. The smallest absolute Gasteiger partial charge is 0.415 e. The van der Waals surface area contributed by atoms with Gasteiger partial charge in [0.1, 0.15) is 11.5 Å². The fourth-order valence-corrected chi connectivity index (χ4v) is 1.68. The zero-order chi connectivity index (χ0) is 12.1. The van der Waals surface area contributed by atoms with Crippen molar-refractivity contribution in [2.24, 2.45) is 0 Å². The number of benzene rings is 1. The van der Waals surface area contributed by atoms with Crippen LogP contribution in [0.4, 0.5) is 4.79 Å². The first-order valence-electron chi connectivity index (χ1n) is 5.61. The van der Waals surface area contributed by atoms with E-state index in [0.717, 1.165) is 13.1 Å². The lowest BCUT2D eigenvalue weighted by atomic mass is 10.3. The Kier molecular flexibility index (Phi) is 3.82. The first-order valence-corrected chi connectivity index (χ1v) is 5.61. The van der Waals surface area contributed by atoms with Crippen LogP contribution in [0.1, 0.15) is 0 Å². The van der Waals surface area contributed by atoms with E-state index < -0.39 is 0 Å². The van der Waals surface area contributed by atoms with Crippen molar-refractivity contribution in [2.45, 2.75) is 0 Å². The molecule has 1 aromatic rings. The number of hydrogen-bond donors (Lipinski definition) is 1. The van der Waals surface area contributed by atoms with Crippen LogP contribution in [-0.4, -0.2) is 44.3 Å². The van der Waals surface area contributed by atoms with Gasteiger partial charge in [-0.1, -0.05) is 6.07 Å². The predicted octanol–water partition coefficient (Wildman–Crippen LogP) is 1.10. The molecule has 1 aliphatic rings. The minimum Gasteiger partial charge on any atom is -0.497 e. The molecule has 1 aromatic carbocycles. The molecule has 0 atom stereocenters. The lowest BCUT2D eigenvalue weighted by molar-refractivity contribution is 0.145. The summed E-state index contributed by atoms with van der Waals surface area (Å²) >= 11 is 0. The van der Waals surface area contributed by atoms with E-state index in [1.807, 2.05) is 6.07 Å². The number of carbonyl (C=O) groups excluding carboxylic acids is 1. The van der Waals surface area contributed by atoms with Crippen LogP contribution in [0, 0.1) is 0 Å². The standard InChI is InChI=1S/C12H16N2O3/c1-16-10-3-2-4-11(9-10)17-12(15)14-7-5-13-6-8-14/h2-4,9,13H,5-8H2,1H3. The minimum absolute atomic E-state index is 0.306. The van der Waals surface area contributed by atoms with Crippen LogP contribution < -0.4 is 14.8 Å². The van der Waals surface area contributed by atoms with Crippen LogP contribution in [0.15, 0.2) is 24.3 Å². The van der Waals surface area contributed by atoms with Crippen molar-refractivity contribution in [2.75, 3.05) is 33.3 Å². The van der Waals surface area contributed by atoms with E-state index in [1.54, 1.807) is 30.2 Å². The summed E-state index contributed by atoms with van der Waals surface area (Å²) in [5.74, 6) is 1.18. The molecule has 1 aliphatic heterocycles. The average Bonchev–Trinajstić information content (AvgIpc) is 2.40. The van der Waals surface area contributed by atoms with Crippen molar-refractivity contribution in [1.82, 2.24) is 10.2 Å². The van der Waals surface area contributed by atoms with Gasteiger partial charge in [-0.25, -0.2) is 4.79 Å². The Labute approximate surface area is 100 Å². The number of methoxy groups -OCH3 is 1. The van der Waals surface area contributed by atoms with Crippen molar-refractivity contribution in [3.63, 3.8) is 0 Å². The van der Waals surface area contributed by atoms with Gasteiger partial charge in [-0.05, 0) is 12.1 Å². The first-order chi connectivity index (χ1) is 8.29. The maximum atomic E-state index is 11.8. The molecular weight excluding hydrogens is 220 g/mol. The van der Waals surface area contributed by atoms with E-state index in [2.05, 4.69) is 5.32 Å². The van der Waals surface area contributed by atoms with Crippen molar-refractivity contribution >= 4 is 6.09 Å². The normalized spacial score (nSPS) is 15.5. The molecule has 92 valence electrons. The zero-order valence-electron chi connectivity index (χ0n) is 9.81. The van der Waals surface area contributed by atoms with Crippen LogP contribution in [0.3, 0.4) is 0 Å². The maximum absolute atomic E-state index is 11.8. The molecular formula is C12H16N2O3. The van der Waals surface area contributed by atoms with Gasteiger partial charge in [-0.3, -0.25) is 0 Å². The summed E-state index contributed by atoms with van der Waals surface area (Å²) in [6, 6.07) is 7.03. The van der Waals surface area contributed by atoms with E-state index in [0.29, 0.717) is 24.6 Å². The molecule has 1 amide bonds. The molecule has 1 saturated heterocycles. The molecule has 0 aliphatic carbocycles. The highest BCUT2D eigenvalue weighted by Crippen LogP contribution is 2.19. The van der Waals surface area contributed by atoms with Crippen LogP contribution >= 0.6 is 0 Å². The molecule has 1 fully saturated rings. The number of ether oxygens (including phenoxy) is 2. The van der Waals surface area contributed by atoms with Gasteiger partial charge in [0.2, 0.25) is 0 Å². The van der Waals surface area contributed by atoms with E-state index in [4.69, 9.17) is 9.47 Å². The second kappa shape index (κ2) is 5.54. The van der Waals surface area contributed by atoms with E-state index in [9.17, 15) is 4.79 Å². The average molecular weight is 236 g/mol. The number of nitrogens with one attached hydrogen (secondary N) is 1. The molecule has 5 heteroatoms.